The lowest BCUT2D eigenvalue weighted by Crippen LogP contribution is -2.29. The van der Waals surface area contributed by atoms with E-state index in [4.69, 9.17) is 15.6 Å². The number of nitrogens with zero attached hydrogens (tertiary/aromatic N) is 2. The third kappa shape index (κ3) is 4.01. The van der Waals surface area contributed by atoms with Crippen LogP contribution in [-0.4, -0.2) is 33.9 Å². The lowest BCUT2D eigenvalue weighted by atomic mass is 10.0. The van der Waals surface area contributed by atoms with E-state index in [0.29, 0.717) is 11.4 Å². The van der Waals surface area contributed by atoms with Crippen molar-refractivity contribution in [2.45, 2.75) is 38.8 Å². The van der Waals surface area contributed by atoms with E-state index in [1.807, 2.05) is 50.2 Å². The summed E-state index contributed by atoms with van der Waals surface area (Å²) in [5, 5.41) is 22.3. The largest absolute Gasteiger partial charge is 0.489 e. The number of fused-ring (bicyclic) bond motifs is 1. The van der Waals surface area contributed by atoms with Crippen LogP contribution in [0.4, 0.5) is 5.69 Å². The summed E-state index contributed by atoms with van der Waals surface area (Å²) in [6.45, 7) is 3.42. The zero-order chi connectivity index (χ0) is 21.3. The van der Waals surface area contributed by atoms with E-state index in [0.717, 1.165) is 39.5 Å². The number of nitrogens with one attached hydrogen (secondary N) is 1. The van der Waals surface area contributed by atoms with Gasteiger partial charge in [-0.1, -0.05) is 29.5 Å². The average molecular weight is 425 g/mol. The Kier molecular flexibility index (Phi) is 5.69. The molecule has 4 N–H and O–H groups in total. The molecule has 1 aliphatic carbocycles. The predicted molar refractivity (Wildman–Crippen MR) is 117 cm³/mol. The number of aliphatic hydroxyl groups excluding tert-OH is 1. The van der Waals surface area contributed by atoms with Crippen molar-refractivity contribution >= 4 is 22.9 Å². The number of carbonyl (C=O) groups is 1. The summed E-state index contributed by atoms with van der Waals surface area (Å²) in [6.07, 6.45) is 1.69. The van der Waals surface area contributed by atoms with Gasteiger partial charge in [-0.05, 0) is 56.0 Å². The first-order chi connectivity index (χ1) is 14.5. The van der Waals surface area contributed by atoms with Crippen LogP contribution in [0, 0.1) is 0 Å². The molecule has 0 saturated heterocycles. The molecule has 1 heterocycles. The third-order valence-electron chi connectivity index (χ3n) is 5.02. The molecule has 7 nitrogen and oxygen atoms in total. The molecule has 0 radical (unpaired) electrons. The standard InChI is InChI=1S/C22H24N4O3S/c1-12(2)29-19-9-6-13(10-17(19)23)21-25-26-22(30-21)16-5-3-4-15-14(16)7-8-18(15)24-20(28)11-27/h3-6,9-10,12,18,27H,7-8,11,23H2,1-2H3,(H,24,28)/t18-/m1/s1. The Hall–Kier alpha value is -2.97. The van der Waals surface area contributed by atoms with Gasteiger partial charge in [0.05, 0.1) is 17.8 Å². The molecule has 0 aliphatic heterocycles. The number of rotatable bonds is 6. The monoisotopic (exact) mass is 424 g/mol. The summed E-state index contributed by atoms with van der Waals surface area (Å²) in [5.41, 5.74) is 10.9. The minimum atomic E-state index is -0.505. The van der Waals surface area contributed by atoms with Crippen molar-refractivity contribution in [1.29, 1.82) is 0 Å². The van der Waals surface area contributed by atoms with Crippen LogP contribution in [0.15, 0.2) is 36.4 Å². The molecule has 0 unspecified atom stereocenters. The number of aliphatic hydroxyl groups is 1. The van der Waals surface area contributed by atoms with Crippen molar-refractivity contribution in [3.63, 3.8) is 0 Å². The Labute approximate surface area is 178 Å². The van der Waals surface area contributed by atoms with E-state index in [9.17, 15) is 4.79 Å². The van der Waals surface area contributed by atoms with Gasteiger partial charge in [-0.3, -0.25) is 4.79 Å². The van der Waals surface area contributed by atoms with Crippen LogP contribution in [0.25, 0.3) is 21.1 Å². The SMILES string of the molecule is CC(C)Oc1ccc(-c2nnc(-c3cccc4c3CC[C@H]4NC(=O)CO)s2)cc1N. The van der Waals surface area contributed by atoms with E-state index in [-0.39, 0.29) is 18.1 Å². The first-order valence-corrected chi connectivity index (χ1v) is 10.7. The van der Waals surface area contributed by atoms with E-state index < -0.39 is 6.61 Å². The fraction of sp³-hybridized carbons (Fsp3) is 0.318. The highest BCUT2D eigenvalue weighted by molar-refractivity contribution is 7.17. The number of nitrogen functional groups attached to an aromatic ring is 1. The maximum absolute atomic E-state index is 11.6. The number of hydrogen-bond acceptors (Lipinski definition) is 7. The van der Waals surface area contributed by atoms with Crippen LogP contribution < -0.4 is 15.8 Å². The van der Waals surface area contributed by atoms with Crippen LogP contribution in [0.3, 0.4) is 0 Å². The maximum atomic E-state index is 11.6. The number of benzene rings is 2. The molecule has 1 atom stereocenters. The smallest absolute Gasteiger partial charge is 0.246 e. The molecule has 8 heteroatoms. The fourth-order valence-electron chi connectivity index (χ4n) is 3.74. The Morgan fingerprint density at radius 2 is 2.10 bits per heavy atom. The van der Waals surface area contributed by atoms with Gasteiger partial charge < -0.3 is 20.9 Å². The van der Waals surface area contributed by atoms with E-state index in [1.165, 1.54) is 16.9 Å². The number of amides is 1. The van der Waals surface area contributed by atoms with Crippen LogP contribution >= 0.6 is 11.3 Å². The molecule has 1 aromatic heterocycles. The summed E-state index contributed by atoms with van der Waals surface area (Å²) in [7, 11) is 0. The summed E-state index contributed by atoms with van der Waals surface area (Å²) >= 11 is 1.51. The predicted octanol–water partition coefficient (Wildman–Crippen LogP) is 3.34. The van der Waals surface area contributed by atoms with Crippen LogP contribution in [0.5, 0.6) is 5.75 Å². The van der Waals surface area contributed by atoms with E-state index in [2.05, 4.69) is 15.5 Å². The van der Waals surface area contributed by atoms with Crippen molar-refractivity contribution < 1.29 is 14.6 Å². The second-order valence-electron chi connectivity index (χ2n) is 7.52. The minimum absolute atomic E-state index is 0.0532. The van der Waals surface area contributed by atoms with Crippen molar-refractivity contribution in [2.24, 2.45) is 0 Å². The Balaban J connectivity index is 1.61. The van der Waals surface area contributed by atoms with Gasteiger partial charge in [-0.2, -0.15) is 0 Å². The Morgan fingerprint density at radius 3 is 2.83 bits per heavy atom. The summed E-state index contributed by atoms with van der Waals surface area (Å²) in [4.78, 5) is 11.6. The molecule has 0 bridgehead atoms. The van der Waals surface area contributed by atoms with Crippen molar-refractivity contribution in [3.05, 3.63) is 47.5 Å². The highest BCUT2D eigenvalue weighted by Gasteiger charge is 2.27. The zero-order valence-electron chi connectivity index (χ0n) is 16.9. The number of hydrogen-bond donors (Lipinski definition) is 3. The first-order valence-electron chi connectivity index (χ1n) is 9.88. The van der Waals surface area contributed by atoms with Gasteiger partial charge in [0.15, 0.2) is 0 Å². The van der Waals surface area contributed by atoms with Gasteiger partial charge in [0.1, 0.15) is 22.4 Å². The van der Waals surface area contributed by atoms with E-state index >= 15 is 0 Å². The summed E-state index contributed by atoms with van der Waals surface area (Å²) in [5.74, 6) is 0.300. The molecule has 4 rings (SSSR count). The molecule has 0 spiro atoms. The van der Waals surface area contributed by atoms with Gasteiger partial charge in [0, 0.05) is 11.1 Å². The molecule has 2 aromatic carbocycles. The zero-order valence-corrected chi connectivity index (χ0v) is 17.7. The average Bonchev–Trinajstić information content (AvgIpc) is 3.37. The molecule has 30 heavy (non-hydrogen) atoms. The second-order valence-corrected chi connectivity index (χ2v) is 8.50. The Morgan fingerprint density at radius 1 is 1.30 bits per heavy atom. The topological polar surface area (TPSA) is 110 Å². The van der Waals surface area contributed by atoms with Gasteiger partial charge in [0.25, 0.3) is 0 Å². The number of nitrogens with two attached hydrogens (primary N) is 1. The first kappa shape index (κ1) is 20.3. The lowest BCUT2D eigenvalue weighted by Gasteiger charge is -2.13. The normalized spacial score (nSPS) is 15.3. The number of ether oxygens (including phenoxy) is 1. The Bertz CT molecular complexity index is 1080. The molecule has 0 fully saturated rings. The van der Waals surface area contributed by atoms with Gasteiger partial charge >= 0.3 is 0 Å². The molecular formula is C22H24N4O3S. The second kappa shape index (κ2) is 8.41. The van der Waals surface area contributed by atoms with Gasteiger partial charge in [-0.15, -0.1) is 10.2 Å². The maximum Gasteiger partial charge on any atom is 0.246 e. The molecule has 1 amide bonds. The molecule has 156 valence electrons. The van der Waals surface area contributed by atoms with Crippen molar-refractivity contribution in [2.75, 3.05) is 12.3 Å². The van der Waals surface area contributed by atoms with Crippen LogP contribution in [0.2, 0.25) is 0 Å². The summed E-state index contributed by atoms with van der Waals surface area (Å²) < 4.78 is 5.70. The number of carbonyl (C=O) groups excluding carboxylic acids is 1. The van der Waals surface area contributed by atoms with Gasteiger partial charge in [-0.25, -0.2) is 0 Å². The van der Waals surface area contributed by atoms with E-state index in [1.54, 1.807) is 0 Å². The third-order valence-corrected chi connectivity index (χ3v) is 6.03. The van der Waals surface area contributed by atoms with Gasteiger partial charge in [0.2, 0.25) is 5.91 Å². The number of aromatic nitrogens is 2. The lowest BCUT2D eigenvalue weighted by molar-refractivity contribution is -0.124. The number of anilines is 1. The van der Waals surface area contributed by atoms with Crippen molar-refractivity contribution in [3.8, 4) is 26.9 Å². The molecular weight excluding hydrogens is 400 g/mol. The minimum Gasteiger partial charge on any atom is -0.489 e. The quantitative estimate of drug-likeness (QED) is 0.524. The van der Waals surface area contributed by atoms with Crippen LogP contribution in [0.1, 0.15) is 37.4 Å². The fourth-order valence-corrected chi connectivity index (χ4v) is 4.63. The van der Waals surface area contributed by atoms with Crippen LogP contribution in [-0.2, 0) is 11.2 Å². The summed E-state index contributed by atoms with van der Waals surface area (Å²) in [6, 6.07) is 11.6. The molecule has 1 aliphatic rings. The molecule has 3 aromatic rings. The van der Waals surface area contributed by atoms with Crippen molar-refractivity contribution in [1.82, 2.24) is 15.5 Å². The highest BCUT2D eigenvalue weighted by Crippen LogP contribution is 2.40. The molecule has 0 saturated carbocycles. The highest BCUT2D eigenvalue weighted by atomic mass is 32.1.